The second kappa shape index (κ2) is 6.76. The van der Waals surface area contributed by atoms with Crippen molar-refractivity contribution in [3.8, 4) is 11.3 Å². The number of carbonyl (C=O) groups excluding carboxylic acids is 2. The van der Waals surface area contributed by atoms with E-state index in [1.54, 1.807) is 13.1 Å². The van der Waals surface area contributed by atoms with Crippen molar-refractivity contribution < 1.29 is 14.3 Å². The number of anilines is 1. The first kappa shape index (κ1) is 16.7. The predicted molar refractivity (Wildman–Crippen MR) is 96.9 cm³/mol. The van der Waals surface area contributed by atoms with E-state index >= 15 is 0 Å². The Morgan fingerprint density at radius 2 is 2.08 bits per heavy atom. The molecule has 2 N–H and O–H groups in total. The maximum Gasteiger partial charge on any atom is 0.411 e. The van der Waals surface area contributed by atoms with E-state index in [-0.39, 0.29) is 12.4 Å². The minimum atomic E-state index is -0.543. The van der Waals surface area contributed by atoms with Gasteiger partial charge in [0.1, 0.15) is 0 Å². The van der Waals surface area contributed by atoms with Gasteiger partial charge >= 0.3 is 6.09 Å². The minimum Gasteiger partial charge on any atom is -0.450 e. The maximum absolute atomic E-state index is 12.1. The van der Waals surface area contributed by atoms with Crippen LogP contribution in [0.1, 0.15) is 29.9 Å². The molecule has 0 saturated heterocycles. The van der Waals surface area contributed by atoms with Gasteiger partial charge < -0.3 is 9.72 Å². The van der Waals surface area contributed by atoms with E-state index in [0.29, 0.717) is 16.8 Å². The highest BCUT2D eigenvalue weighted by atomic mass is 16.5. The van der Waals surface area contributed by atoms with Crippen LogP contribution in [0, 0.1) is 6.92 Å². The van der Waals surface area contributed by atoms with Crippen molar-refractivity contribution in [3.63, 3.8) is 0 Å². The molecule has 1 amide bonds. The van der Waals surface area contributed by atoms with Crippen molar-refractivity contribution in [2.75, 3.05) is 11.9 Å². The first-order valence-electron chi connectivity index (χ1n) is 8.03. The van der Waals surface area contributed by atoms with E-state index in [1.807, 2.05) is 37.3 Å². The lowest BCUT2D eigenvalue weighted by Gasteiger charge is -2.10. The van der Waals surface area contributed by atoms with Gasteiger partial charge in [0, 0.05) is 28.4 Å². The van der Waals surface area contributed by atoms with Gasteiger partial charge in [0.15, 0.2) is 5.78 Å². The smallest absolute Gasteiger partial charge is 0.411 e. The molecule has 25 heavy (non-hydrogen) atoms. The number of fused-ring (bicyclic) bond motifs is 1. The number of Topliss-reactive ketones (excluding diaryl/α,β-unsaturated/α-hetero) is 1. The molecule has 0 fully saturated rings. The fourth-order valence-corrected chi connectivity index (χ4v) is 2.94. The number of aryl methyl sites for hydroxylation is 1. The monoisotopic (exact) mass is 337 g/mol. The number of aromatic nitrogens is 2. The lowest BCUT2D eigenvalue weighted by Crippen LogP contribution is -2.13. The minimum absolute atomic E-state index is 0.0380. The van der Waals surface area contributed by atoms with Crippen LogP contribution in [0.4, 0.5) is 10.5 Å². The number of nitrogens with zero attached hydrogens (tertiary/aromatic N) is 1. The van der Waals surface area contributed by atoms with Crippen LogP contribution in [0.15, 0.2) is 36.5 Å². The normalized spacial score (nSPS) is 10.7. The molecule has 0 saturated carbocycles. The standard InChI is InChI=1S/C19H19N3O3/c1-4-25-19(24)22-16-10-13(15-7-5-6-8-20-15)9-14-17(12(3)23)11(2)21-18(14)16/h5-10,21H,4H2,1-3H3,(H,22,24). The van der Waals surface area contributed by atoms with Crippen molar-refractivity contribution in [1.29, 1.82) is 0 Å². The van der Waals surface area contributed by atoms with Crippen LogP contribution in [-0.4, -0.2) is 28.5 Å². The number of nitrogens with one attached hydrogen (secondary N) is 2. The summed E-state index contributed by atoms with van der Waals surface area (Å²) in [4.78, 5) is 31.5. The summed E-state index contributed by atoms with van der Waals surface area (Å²) in [6.07, 6.45) is 1.16. The fraction of sp³-hybridized carbons (Fsp3) is 0.211. The molecule has 2 aromatic heterocycles. The van der Waals surface area contributed by atoms with Crippen molar-refractivity contribution in [2.24, 2.45) is 0 Å². The summed E-state index contributed by atoms with van der Waals surface area (Å²) >= 11 is 0. The highest BCUT2D eigenvalue weighted by Crippen LogP contribution is 2.33. The van der Waals surface area contributed by atoms with Gasteiger partial charge in [-0.05, 0) is 45.0 Å². The van der Waals surface area contributed by atoms with Crippen molar-refractivity contribution in [3.05, 3.63) is 47.8 Å². The Kier molecular flexibility index (Phi) is 4.52. The SMILES string of the molecule is CCOC(=O)Nc1cc(-c2ccccn2)cc2c(C(C)=O)c(C)[nH]c12. The molecule has 0 spiro atoms. The van der Waals surface area contributed by atoms with E-state index < -0.39 is 6.09 Å². The zero-order chi connectivity index (χ0) is 18.0. The van der Waals surface area contributed by atoms with Crippen molar-refractivity contribution in [1.82, 2.24) is 9.97 Å². The first-order chi connectivity index (χ1) is 12.0. The van der Waals surface area contributed by atoms with E-state index in [9.17, 15) is 9.59 Å². The van der Waals surface area contributed by atoms with Gasteiger partial charge in [0.05, 0.1) is 23.5 Å². The van der Waals surface area contributed by atoms with E-state index in [4.69, 9.17) is 4.74 Å². The Balaban J connectivity index is 2.23. The molecule has 0 aliphatic heterocycles. The summed E-state index contributed by atoms with van der Waals surface area (Å²) in [5, 5.41) is 3.49. The molecule has 128 valence electrons. The van der Waals surface area contributed by atoms with Crippen LogP contribution in [-0.2, 0) is 4.74 Å². The average molecular weight is 337 g/mol. The second-order valence-corrected chi connectivity index (χ2v) is 5.69. The van der Waals surface area contributed by atoms with Crippen molar-refractivity contribution in [2.45, 2.75) is 20.8 Å². The van der Waals surface area contributed by atoms with Crippen LogP contribution < -0.4 is 5.32 Å². The number of rotatable bonds is 4. The fourth-order valence-electron chi connectivity index (χ4n) is 2.94. The van der Waals surface area contributed by atoms with Gasteiger partial charge in [0.2, 0.25) is 0 Å². The zero-order valence-electron chi connectivity index (χ0n) is 14.3. The largest absolute Gasteiger partial charge is 0.450 e. The predicted octanol–water partition coefficient (Wildman–Crippen LogP) is 4.31. The summed E-state index contributed by atoms with van der Waals surface area (Å²) in [5.41, 5.74) is 4.17. The third-order valence-electron chi connectivity index (χ3n) is 3.92. The van der Waals surface area contributed by atoms with E-state index in [1.165, 1.54) is 6.92 Å². The molecular formula is C19H19N3O3. The number of hydrogen-bond donors (Lipinski definition) is 2. The Hall–Kier alpha value is -3.15. The molecule has 0 radical (unpaired) electrons. The third-order valence-corrected chi connectivity index (χ3v) is 3.92. The van der Waals surface area contributed by atoms with Gasteiger partial charge in [-0.1, -0.05) is 6.07 Å². The van der Waals surface area contributed by atoms with Crippen LogP contribution in [0.5, 0.6) is 0 Å². The molecule has 0 aliphatic carbocycles. The molecule has 3 aromatic rings. The molecule has 0 bridgehead atoms. The average Bonchev–Trinajstić information content (AvgIpc) is 2.92. The van der Waals surface area contributed by atoms with Gasteiger partial charge in [-0.15, -0.1) is 0 Å². The number of H-pyrrole nitrogens is 1. The lowest BCUT2D eigenvalue weighted by atomic mass is 10.0. The third kappa shape index (κ3) is 3.24. The number of aromatic amines is 1. The summed E-state index contributed by atoms with van der Waals surface area (Å²) in [5.74, 6) is -0.0380. The maximum atomic E-state index is 12.1. The molecule has 3 rings (SSSR count). The number of hydrogen-bond acceptors (Lipinski definition) is 4. The highest BCUT2D eigenvalue weighted by Gasteiger charge is 2.18. The van der Waals surface area contributed by atoms with Gasteiger partial charge in [-0.3, -0.25) is 15.1 Å². The first-order valence-corrected chi connectivity index (χ1v) is 8.03. The number of ketones is 1. The van der Waals surface area contributed by atoms with Crippen molar-refractivity contribution >= 4 is 28.5 Å². The summed E-state index contributed by atoms with van der Waals surface area (Å²) in [6.45, 7) is 5.39. The molecule has 6 nitrogen and oxygen atoms in total. The lowest BCUT2D eigenvalue weighted by molar-refractivity contribution is 0.101. The van der Waals surface area contributed by atoms with Crippen LogP contribution in [0.25, 0.3) is 22.2 Å². The number of benzene rings is 1. The molecule has 2 heterocycles. The molecule has 0 aliphatic rings. The van der Waals surface area contributed by atoms with Gasteiger partial charge in [0.25, 0.3) is 0 Å². The van der Waals surface area contributed by atoms with Gasteiger partial charge in [-0.25, -0.2) is 4.79 Å². The Labute approximate surface area is 145 Å². The zero-order valence-corrected chi connectivity index (χ0v) is 14.3. The van der Waals surface area contributed by atoms with E-state index in [2.05, 4.69) is 15.3 Å². The summed E-state index contributed by atoms with van der Waals surface area (Å²) < 4.78 is 4.98. The topological polar surface area (TPSA) is 84.1 Å². The Morgan fingerprint density at radius 1 is 1.28 bits per heavy atom. The Bertz CT molecular complexity index is 945. The van der Waals surface area contributed by atoms with Crippen LogP contribution in [0.3, 0.4) is 0 Å². The second-order valence-electron chi connectivity index (χ2n) is 5.69. The molecule has 6 heteroatoms. The number of ether oxygens (including phenoxy) is 1. The molecule has 0 unspecified atom stereocenters. The number of carbonyl (C=O) groups is 2. The van der Waals surface area contributed by atoms with Gasteiger partial charge in [-0.2, -0.15) is 0 Å². The quantitative estimate of drug-likeness (QED) is 0.695. The molecule has 1 aromatic carbocycles. The summed E-state index contributed by atoms with van der Waals surface area (Å²) in [6, 6.07) is 9.33. The Morgan fingerprint density at radius 3 is 2.72 bits per heavy atom. The highest BCUT2D eigenvalue weighted by molar-refractivity contribution is 6.13. The van der Waals surface area contributed by atoms with Crippen LogP contribution in [0.2, 0.25) is 0 Å². The molecule has 0 atom stereocenters. The van der Waals surface area contributed by atoms with E-state index in [0.717, 1.165) is 22.3 Å². The summed E-state index contributed by atoms with van der Waals surface area (Å²) in [7, 11) is 0. The number of amides is 1. The van der Waals surface area contributed by atoms with Crippen LogP contribution >= 0.6 is 0 Å². The molecular weight excluding hydrogens is 318 g/mol. The number of pyridine rings is 1.